The molecule has 37 heavy (non-hydrogen) atoms. The minimum Gasteiger partial charge on any atom is -0.507 e. The highest BCUT2D eigenvalue weighted by Crippen LogP contribution is 2.42. The quantitative estimate of drug-likeness (QED) is 0.125. The normalized spacial score (nSPS) is 16.9. The lowest BCUT2D eigenvalue weighted by Gasteiger charge is -2.25. The Morgan fingerprint density at radius 2 is 1.76 bits per heavy atom. The van der Waals surface area contributed by atoms with Crippen molar-refractivity contribution in [3.63, 3.8) is 0 Å². The topological polar surface area (TPSA) is 126 Å². The fraction of sp³-hybridized carbons (Fsp3) is 0.143. The minimum atomic E-state index is -1.13. The van der Waals surface area contributed by atoms with Crippen molar-refractivity contribution in [2.75, 3.05) is 13.7 Å². The number of aromatic amines is 1. The highest BCUT2D eigenvalue weighted by atomic mass is 16.6. The molecule has 0 spiro atoms. The largest absolute Gasteiger partial charge is 0.507 e. The summed E-state index contributed by atoms with van der Waals surface area (Å²) in [6.45, 7) is 0.114. The van der Waals surface area contributed by atoms with Gasteiger partial charge in [0.25, 0.3) is 17.4 Å². The zero-order valence-electron chi connectivity index (χ0n) is 19.9. The molecule has 1 amide bonds. The number of para-hydroxylation sites is 2. The summed E-state index contributed by atoms with van der Waals surface area (Å²) in [7, 11) is 1.50. The van der Waals surface area contributed by atoms with E-state index in [2.05, 4.69) is 4.98 Å². The smallest absolute Gasteiger partial charge is 0.295 e. The van der Waals surface area contributed by atoms with Gasteiger partial charge in [0.2, 0.25) is 0 Å². The number of Topliss-reactive ketones (excluding diaryl/α,β-unsaturated/α-hetero) is 1. The van der Waals surface area contributed by atoms with Crippen LogP contribution in [0, 0.1) is 10.1 Å². The summed E-state index contributed by atoms with van der Waals surface area (Å²) in [6.07, 6.45) is 2.25. The molecule has 2 N–H and O–H groups in total. The number of nitro benzene ring substituents is 1. The average Bonchev–Trinajstić information content (AvgIpc) is 3.45. The molecule has 0 bridgehead atoms. The second-order valence-electron chi connectivity index (χ2n) is 8.65. The van der Waals surface area contributed by atoms with Crippen molar-refractivity contribution >= 4 is 34.0 Å². The van der Waals surface area contributed by atoms with Crippen molar-refractivity contribution in [2.24, 2.45) is 0 Å². The molecule has 0 unspecified atom stereocenters. The Balaban J connectivity index is 1.61. The van der Waals surface area contributed by atoms with Crippen LogP contribution in [0.1, 0.15) is 22.7 Å². The number of aliphatic hydroxyl groups excluding tert-OH is 1. The first-order chi connectivity index (χ1) is 17.9. The maximum absolute atomic E-state index is 13.3. The van der Waals surface area contributed by atoms with Gasteiger partial charge in [-0.25, -0.2) is 0 Å². The monoisotopic (exact) mass is 497 g/mol. The van der Waals surface area contributed by atoms with Crippen LogP contribution in [-0.4, -0.2) is 45.3 Å². The van der Waals surface area contributed by atoms with E-state index in [-0.39, 0.29) is 23.4 Å². The zero-order valence-corrected chi connectivity index (χ0v) is 19.9. The number of fused-ring (bicyclic) bond motifs is 1. The lowest BCUT2D eigenvalue weighted by atomic mass is 9.94. The van der Waals surface area contributed by atoms with Gasteiger partial charge >= 0.3 is 0 Å². The third-order valence-corrected chi connectivity index (χ3v) is 6.63. The number of rotatable bonds is 7. The Labute approximate surface area is 211 Å². The van der Waals surface area contributed by atoms with Crippen molar-refractivity contribution in [3.05, 3.63) is 111 Å². The second kappa shape index (κ2) is 9.62. The number of ether oxygens (including phenoxy) is 1. The van der Waals surface area contributed by atoms with Gasteiger partial charge in [0, 0.05) is 35.3 Å². The number of ketones is 1. The van der Waals surface area contributed by atoms with E-state index in [1.165, 1.54) is 30.2 Å². The number of hydrogen-bond donors (Lipinski definition) is 2. The number of H-pyrrole nitrogens is 1. The summed E-state index contributed by atoms with van der Waals surface area (Å²) in [5, 5.41) is 24.1. The van der Waals surface area contributed by atoms with Gasteiger partial charge in [-0.05, 0) is 48.4 Å². The highest BCUT2D eigenvalue weighted by molar-refractivity contribution is 6.46. The molecule has 2 heterocycles. The number of carbonyl (C=O) groups is 2. The Kier molecular flexibility index (Phi) is 6.19. The van der Waals surface area contributed by atoms with Crippen molar-refractivity contribution in [3.8, 4) is 5.75 Å². The van der Waals surface area contributed by atoms with Gasteiger partial charge in [-0.3, -0.25) is 19.7 Å². The van der Waals surface area contributed by atoms with E-state index < -0.39 is 28.4 Å². The molecule has 9 heteroatoms. The lowest BCUT2D eigenvalue weighted by molar-refractivity contribution is -0.385. The Morgan fingerprint density at radius 1 is 1.05 bits per heavy atom. The number of carbonyl (C=O) groups excluding carboxylic acids is 2. The fourth-order valence-corrected chi connectivity index (χ4v) is 4.80. The van der Waals surface area contributed by atoms with Crippen LogP contribution in [0.25, 0.3) is 16.7 Å². The van der Waals surface area contributed by atoms with E-state index in [0.29, 0.717) is 17.7 Å². The number of aromatic nitrogens is 1. The van der Waals surface area contributed by atoms with E-state index in [1.807, 2.05) is 30.5 Å². The molecular weight excluding hydrogens is 474 g/mol. The standard InChI is InChI=1S/C28H23N3O6/c1-37-19-12-10-17(11-13-19)26(32)24-25(21-7-3-5-9-23(21)31(35)36)30(28(34)27(24)33)15-14-18-16-29-22-8-4-2-6-20(18)22/h2-13,16,25,29,32H,14-15H2,1H3/t25-/m0/s1. The van der Waals surface area contributed by atoms with Crippen LogP contribution in [0.2, 0.25) is 0 Å². The Morgan fingerprint density at radius 3 is 2.49 bits per heavy atom. The van der Waals surface area contributed by atoms with E-state index >= 15 is 0 Å². The number of methoxy groups -OCH3 is 1. The zero-order chi connectivity index (χ0) is 26.1. The predicted octanol–water partition coefficient (Wildman–Crippen LogP) is 4.75. The number of nitrogens with zero attached hydrogens (tertiary/aromatic N) is 2. The van der Waals surface area contributed by atoms with Gasteiger partial charge in [0.05, 0.1) is 29.2 Å². The molecule has 0 aliphatic carbocycles. The van der Waals surface area contributed by atoms with E-state index in [9.17, 15) is 24.8 Å². The fourth-order valence-electron chi connectivity index (χ4n) is 4.80. The van der Waals surface area contributed by atoms with Gasteiger partial charge in [0.15, 0.2) is 0 Å². The van der Waals surface area contributed by atoms with E-state index in [4.69, 9.17) is 4.74 Å². The lowest BCUT2D eigenvalue weighted by Crippen LogP contribution is -2.32. The molecule has 5 rings (SSSR count). The van der Waals surface area contributed by atoms with Crippen LogP contribution < -0.4 is 4.74 Å². The number of nitrogens with one attached hydrogen (secondary N) is 1. The minimum absolute atomic E-state index is 0.114. The maximum Gasteiger partial charge on any atom is 0.295 e. The van der Waals surface area contributed by atoms with E-state index in [0.717, 1.165) is 16.5 Å². The molecule has 1 aliphatic heterocycles. The molecule has 0 saturated carbocycles. The third kappa shape index (κ3) is 4.20. The van der Waals surface area contributed by atoms with Crippen molar-refractivity contribution in [1.29, 1.82) is 0 Å². The van der Waals surface area contributed by atoms with Crippen LogP contribution in [0.5, 0.6) is 5.75 Å². The Hall–Kier alpha value is -4.92. The van der Waals surface area contributed by atoms with Crippen molar-refractivity contribution in [2.45, 2.75) is 12.5 Å². The second-order valence-corrected chi connectivity index (χ2v) is 8.65. The first-order valence-electron chi connectivity index (χ1n) is 11.6. The molecule has 1 aromatic heterocycles. The van der Waals surface area contributed by atoms with Gasteiger partial charge in [-0.15, -0.1) is 0 Å². The summed E-state index contributed by atoms with van der Waals surface area (Å²) in [5.41, 5.74) is 1.89. The number of hydrogen-bond acceptors (Lipinski definition) is 6. The number of aliphatic hydroxyl groups is 1. The third-order valence-electron chi connectivity index (χ3n) is 6.63. The van der Waals surface area contributed by atoms with Gasteiger partial charge < -0.3 is 19.7 Å². The van der Waals surface area contributed by atoms with Crippen LogP contribution in [0.15, 0.2) is 84.6 Å². The molecule has 3 aromatic carbocycles. The van der Waals surface area contributed by atoms with Gasteiger partial charge in [-0.2, -0.15) is 0 Å². The summed E-state index contributed by atoms with van der Waals surface area (Å²) in [6, 6.07) is 18.9. The van der Waals surface area contributed by atoms with Crippen molar-refractivity contribution < 1.29 is 24.4 Å². The molecule has 9 nitrogen and oxygen atoms in total. The van der Waals surface area contributed by atoms with E-state index in [1.54, 1.807) is 30.3 Å². The molecule has 1 saturated heterocycles. The summed E-state index contributed by atoms with van der Waals surface area (Å²) < 4.78 is 5.16. The first-order valence-corrected chi connectivity index (χ1v) is 11.6. The predicted molar refractivity (Wildman–Crippen MR) is 137 cm³/mol. The summed E-state index contributed by atoms with van der Waals surface area (Å²) >= 11 is 0. The van der Waals surface area contributed by atoms with Crippen molar-refractivity contribution in [1.82, 2.24) is 9.88 Å². The van der Waals surface area contributed by atoms with Gasteiger partial charge in [0.1, 0.15) is 11.5 Å². The average molecular weight is 498 g/mol. The summed E-state index contributed by atoms with van der Waals surface area (Å²) in [5.74, 6) is -1.57. The molecule has 4 aromatic rings. The van der Waals surface area contributed by atoms with Crippen LogP contribution >= 0.6 is 0 Å². The Bertz CT molecular complexity index is 1550. The molecule has 1 aliphatic rings. The maximum atomic E-state index is 13.3. The molecule has 186 valence electrons. The highest BCUT2D eigenvalue weighted by Gasteiger charge is 2.47. The first kappa shape index (κ1) is 23.8. The van der Waals surface area contributed by atoms with Crippen LogP contribution in [-0.2, 0) is 16.0 Å². The SMILES string of the molecule is COc1ccc(C(O)=C2C(=O)C(=O)N(CCc3c[nH]c4ccccc34)[C@H]2c2ccccc2[N+](=O)[O-])cc1. The number of likely N-dealkylation sites (tertiary alicyclic amines) is 1. The van der Waals surface area contributed by atoms with Crippen LogP contribution in [0.3, 0.4) is 0 Å². The number of nitro groups is 1. The van der Waals surface area contributed by atoms with Crippen LogP contribution in [0.4, 0.5) is 5.69 Å². The van der Waals surface area contributed by atoms with Gasteiger partial charge in [-0.1, -0.05) is 30.3 Å². The molecule has 1 fully saturated rings. The summed E-state index contributed by atoms with van der Waals surface area (Å²) in [4.78, 5) is 42.4. The molecular formula is C28H23N3O6. The number of benzene rings is 3. The molecule has 1 atom stereocenters. The number of amides is 1. The molecule has 0 radical (unpaired) electrons.